The number of carbonyl (C=O) groups excluding carboxylic acids is 1. The van der Waals surface area contributed by atoms with Crippen molar-refractivity contribution in [1.82, 2.24) is 8.87 Å². The molecule has 1 amide bonds. The average molecular weight is 444 g/mol. The van der Waals surface area contributed by atoms with E-state index in [1.807, 2.05) is 25.1 Å². The van der Waals surface area contributed by atoms with Gasteiger partial charge in [0, 0.05) is 24.8 Å². The summed E-state index contributed by atoms with van der Waals surface area (Å²) in [5.74, 6) is -1.09. The number of sulfonamides is 1. The molecular formula is C22H25N3O5S. The second-order valence-corrected chi connectivity index (χ2v) is 9.76. The van der Waals surface area contributed by atoms with Crippen molar-refractivity contribution in [2.75, 3.05) is 18.4 Å². The van der Waals surface area contributed by atoms with Gasteiger partial charge >= 0.3 is 5.76 Å². The summed E-state index contributed by atoms with van der Waals surface area (Å²) < 4.78 is 34.0. The third-order valence-corrected chi connectivity index (χ3v) is 7.34. The number of nitrogens with zero attached hydrogens (tertiary/aromatic N) is 2. The molecule has 0 spiro atoms. The van der Waals surface area contributed by atoms with Gasteiger partial charge in [-0.3, -0.25) is 9.36 Å². The van der Waals surface area contributed by atoms with Crippen LogP contribution in [0.2, 0.25) is 0 Å². The van der Waals surface area contributed by atoms with E-state index >= 15 is 0 Å². The van der Waals surface area contributed by atoms with Gasteiger partial charge in [-0.25, -0.2) is 13.2 Å². The molecule has 9 heteroatoms. The number of aromatic nitrogens is 1. The summed E-state index contributed by atoms with van der Waals surface area (Å²) in [5.41, 5.74) is 2.15. The molecule has 2 aromatic carbocycles. The molecule has 2 heterocycles. The predicted molar refractivity (Wildman–Crippen MR) is 118 cm³/mol. The molecule has 0 bridgehead atoms. The summed E-state index contributed by atoms with van der Waals surface area (Å²) in [5, 5.41) is 2.75. The fraction of sp³-hybridized carbons (Fsp3) is 0.364. The van der Waals surface area contributed by atoms with Crippen LogP contribution in [-0.2, 0) is 21.4 Å². The smallest absolute Gasteiger partial charge is 0.408 e. The minimum absolute atomic E-state index is 0.0898. The molecule has 31 heavy (non-hydrogen) atoms. The Morgan fingerprint density at radius 2 is 1.81 bits per heavy atom. The number of aryl methyl sites for hydroxylation is 1. The van der Waals surface area contributed by atoms with Crippen LogP contribution < -0.4 is 11.1 Å². The molecule has 1 N–H and O–H groups in total. The lowest BCUT2D eigenvalue weighted by Gasteiger charge is -2.19. The van der Waals surface area contributed by atoms with E-state index in [1.165, 1.54) is 27.1 Å². The lowest BCUT2D eigenvalue weighted by molar-refractivity contribution is -0.116. The van der Waals surface area contributed by atoms with Gasteiger partial charge in [-0.2, -0.15) is 4.31 Å². The third-order valence-electron chi connectivity index (χ3n) is 5.45. The largest absolute Gasteiger partial charge is 0.420 e. The van der Waals surface area contributed by atoms with Crippen molar-refractivity contribution in [3.05, 3.63) is 58.6 Å². The van der Waals surface area contributed by atoms with Crippen LogP contribution in [0.25, 0.3) is 11.1 Å². The predicted octanol–water partition coefficient (Wildman–Crippen LogP) is 3.11. The van der Waals surface area contributed by atoms with Gasteiger partial charge in [0.05, 0.1) is 10.4 Å². The first kappa shape index (κ1) is 21.3. The van der Waals surface area contributed by atoms with Crippen LogP contribution in [0.3, 0.4) is 0 Å². The Bertz CT molecular complexity index is 1270. The monoisotopic (exact) mass is 443 g/mol. The summed E-state index contributed by atoms with van der Waals surface area (Å²) in [6, 6.07) is 11.7. The molecule has 0 unspecified atom stereocenters. The number of hydrogen-bond donors (Lipinski definition) is 1. The second-order valence-electron chi connectivity index (χ2n) is 7.82. The van der Waals surface area contributed by atoms with E-state index in [9.17, 15) is 18.0 Å². The van der Waals surface area contributed by atoms with Crippen LogP contribution in [0.1, 0.15) is 31.2 Å². The van der Waals surface area contributed by atoms with Gasteiger partial charge in [0.1, 0.15) is 6.54 Å². The van der Waals surface area contributed by atoms with Crippen molar-refractivity contribution in [2.45, 2.75) is 44.0 Å². The number of fused-ring (bicyclic) bond motifs is 1. The van der Waals surface area contributed by atoms with E-state index in [1.54, 1.807) is 6.07 Å². The van der Waals surface area contributed by atoms with Gasteiger partial charge in [0.15, 0.2) is 5.58 Å². The Hall–Kier alpha value is -2.91. The highest BCUT2D eigenvalue weighted by Gasteiger charge is 2.26. The minimum atomic E-state index is -3.67. The summed E-state index contributed by atoms with van der Waals surface area (Å²) in [7, 11) is -3.67. The van der Waals surface area contributed by atoms with Gasteiger partial charge in [-0.05, 0) is 49.6 Å². The fourth-order valence-electron chi connectivity index (χ4n) is 3.85. The van der Waals surface area contributed by atoms with E-state index in [2.05, 4.69) is 5.32 Å². The van der Waals surface area contributed by atoms with Crippen molar-refractivity contribution in [3.8, 4) is 0 Å². The van der Waals surface area contributed by atoms with Crippen molar-refractivity contribution in [3.63, 3.8) is 0 Å². The zero-order valence-electron chi connectivity index (χ0n) is 17.3. The van der Waals surface area contributed by atoms with Crippen LogP contribution >= 0.6 is 0 Å². The zero-order valence-corrected chi connectivity index (χ0v) is 18.2. The highest BCUT2D eigenvalue weighted by atomic mass is 32.2. The molecule has 164 valence electrons. The molecule has 1 fully saturated rings. The first-order valence-electron chi connectivity index (χ1n) is 10.3. The molecule has 1 aromatic heterocycles. The Labute approximate surface area is 180 Å². The van der Waals surface area contributed by atoms with Gasteiger partial charge in [-0.1, -0.05) is 25.0 Å². The first-order chi connectivity index (χ1) is 14.8. The lowest BCUT2D eigenvalue weighted by atomic mass is 10.2. The highest BCUT2D eigenvalue weighted by molar-refractivity contribution is 7.89. The summed E-state index contributed by atoms with van der Waals surface area (Å²) in [6.45, 7) is 2.66. The zero-order chi connectivity index (χ0) is 22.0. The highest BCUT2D eigenvalue weighted by Crippen LogP contribution is 2.24. The van der Waals surface area contributed by atoms with Crippen LogP contribution in [0.4, 0.5) is 5.69 Å². The molecule has 1 aliphatic heterocycles. The van der Waals surface area contributed by atoms with Crippen LogP contribution in [0.5, 0.6) is 0 Å². The SMILES string of the molecule is Cc1cccc(NC(=O)Cn2c(=O)oc3cc(S(=O)(=O)N4CCCCCC4)ccc32)c1. The summed E-state index contributed by atoms with van der Waals surface area (Å²) >= 11 is 0. The molecule has 0 radical (unpaired) electrons. The molecule has 1 aliphatic rings. The first-order valence-corrected chi connectivity index (χ1v) is 11.8. The standard InChI is InChI=1S/C22H25N3O5S/c1-16-7-6-8-17(13-16)23-21(26)15-25-19-10-9-18(14-20(19)30-22(25)27)31(28,29)24-11-4-2-3-5-12-24/h6-10,13-14H,2-5,11-12,15H2,1H3,(H,23,26). The maximum Gasteiger partial charge on any atom is 0.420 e. The van der Waals surface area contributed by atoms with Crippen molar-refractivity contribution < 1.29 is 17.6 Å². The van der Waals surface area contributed by atoms with Crippen molar-refractivity contribution in [2.24, 2.45) is 0 Å². The quantitative estimate of drug-likeness (QED) is 0.653. The molecule has 8 nitrogen and oxygen atoms in total. The maximum atomic E-state index is 13.0. The lowest BCUT2D eigenvalue weighted by Crippen LogP contribution is -2.31. The van der Waals surface area contributed by atoms with Crippen molar-refractivity contribution in [1.29, 1.82) is 0 Å². The average Bonchev–Trinajstić information content (AvgIpc) is 2.89. The summed E-state index contributed by atoms with van der Waals surface area (Å²) in [4.78, 5) is 24.9. The van der Waals surface area contributed by atoms with Gasteiger partial charge < -0.3 is 9.73 Å². The molecule has 0 aliphatic carbocycles. The van der Waals surface area contributed by atoms with Crippen LogP contribution in [0, 0.1) is 6.92 Å². The number of carbonyl (C=O) groups is 1. The Morgan fingerprint density at radius 3 is 2.52 bits per heavy atom. The number of oxazole rings is 1. The normalized spacial score (nSPS) is 15.6. The molecular weight excluding hydrogens is 418 g/mol. The Balaban J connectivity index is 1.58. The number of anilines is 1. The topological polar surface area (TPSA) is 102 Å². The summed E-state index contributed by atoms with van der Waals surface area (Å²) in [6.07, 6.45) is 3.72. The minimum Gasteiger partial charge on any atom is -0.408 e. The maximum absolute atomic E-state index is 13.0. The third kappa shape index (κ3) is 4.57. The number of benzene rings is 2. The molecule has 1 saturated heterocycles. The van der Waals surface area contributed by atoms with E-state index in [4.69, 9.17) is 4.42 Å². The molecule has 0 atom stereocenters. The van der Waals surface area contributed by atoms with Gasteiger partial charge in [-0.15, -0.1) is 0 Å². The van der Waals surface area contributed by atoms with Crippen LogP contribution in [-0.4, -0.2) is 36.3 Å². The van der Waals surface area contributed by atoms with E-state index in [0.717, 1.165) is 31.2 Å². The fourth-order valence-corrected chi connectivity index (χ4v) is 5.39. The van der Waals surface area contributed by atoms with E-state index < -0.39 is 15.8 Å². The second kappa shape index (κ2) is 8.68. The molecule has 0 saturated carbocycles. The van der Waals surface area contributed by atoms with Crippen LogP contribution in [0.15, 0.2) is 56.6 Å². The Morgan fingerprint density at radius 1 is 1.06 bits per heavy atom. The Kier molecular flexibility index (Phi) is 5.97. The number of hydrogen-bond acceptors (Lipinski definition) is 5. The van der Waals surface area contributed by atoms with Gasteiger partial charge in [0.2, 0.25) is 15.9 Å². The van der Waals surface area contributed by atoms with Crippen molar-refractivity contribution >= 4 is 32.7 Å². The number of nitrogens with one attached hydrogen (secondary N) is 1. The van der Waals surface area contributed by atoms with E-state index in [0.29, 0.717) is 24.3 Å². The number of amides is 1. The number of rotatable bonds is 5. The van der Waals surface area contributed by atoms with E-state index in [-0.39, 0.29) is 22.9 Å². The molecule has 4 rings (SSSR count). The van der Waals surface area contributed by atoms with Gasteiger partial charge in [0.25, 0.3) is 0 Å². The molecule has 3 aromatic rings.